The van der Waals surface area contributed by atoms with E-state index in [4.69, 9.17) is 0 Å². The minimum atomic E-state index is 0.466. The zero-order chi connectivity index (χ0) is 18.6. The molecule has 2 aromatic heterocycles. The van der Waals surface area contributed by atoms with Crippen LogP contribution in [0.5, 0.6) is 0 Å². The molecule has 2 saturated heterocycles. The first-order chi connectivity index (χ1) is 13.3. The van der Waals surface area contributed by atoms with Crippen molar-refractivity contribution in [3.8, 4) is 0 Å². The molecule has 27 heavy (non-hydrogen) atoms. The summed E-state index contributed by atoms with van der Waals surface area (Å²) in [6.07, 6.45) is 6.56. The summed E-state index contributed by atoms with van der Waals surface area (Å²) in [5.41, 5.74) is 0. The van der Waals surface area contributed by atoms with E-state index >= 15 is 0 Å². The Morgan fingerprint density at radius 2 is 1.89 bits per heavy atom. The van der Waals surface area contributed by atoms with Crippen molar-refractivity contribution in [2.75, 3.05) is 43.4 Å². The Morgan fingerprint density at radius 3 is 2.59 bits per heavy atom. The lowest BCUT2D eigenvalue weighted by atomic mass is 9.96. The number of likely N-dealkylation sites (tertiary alicyclic amines) is 1. The van der Waals surface area contributed by atoms with Crippen LogP contribution in [0.4, 0.5) is 11.8 Å². The highest BCUT2D eigenvalue weighted by Crippen LogP contribution is 2.29. The number of hydrogen-bond donors (Lipinski definition) is 1. The number of rotatable bonds is 6. The molecule has 0 unspecified atom stereocenters. The van der Waals surface area contributed by atoms with Gasteiger partial charge in [0, 0.05) is 38.8 Å². The molecule has 0 atom stereocenters. The zero-order valence-corrected chi connectivity index (χ0v) is 16.4. The highest BCUT2D eigenvalue weighted by atomic mass is 15.3. The van der Waals surface area contributed by atoms with E-state index in [1.807, 2.05) is 19.3 Å². The molecule has 2 fully saturated rings. The summed E-state index contributed by atoms with van der Waals surface area (Å²) in [7, 11) is 1.88. The molecule has 2 aliphatic rings. The van der Waals surface area contributed by atoms with E-state index in [-0.39, 0.29) is 0 Å². The summed E-state index contributed by atoms with van der Waals surface area (Å²) in [4.78, 5) is 13.8. The van der Waals surface area contributed by atoms with Gasteiger partial charge in [-0.15, -0.1) is 10.2 Å². The van der Waals surface area contributed by atoms with Gasteiger partial charge in [0.25, 0.3) is 0 Å². The van der Waals surface area contributed by atoms with Gasteiger partial charge < -0.3 is 14.8 Å². The van der Waals surface area contributed by atoms with Crippen molar-refractivity contribution in [3.05, 3.63) is 23.9 Å². The summed E-state index contributed by atoms with van der Waals surface area (Å²) in [6, 6.07) is 1.89. The van der Waals surface area contributed by atoms with Crippen molar-refractivity contribution in [1.29, 1.82) is 0 Å². The molecule has 2 aliphatic heterocycles. The average molecular weight is 371 g/mol. The number of nitrogens with zero attached hydrogens (tertiary/aromatic N) is 7. The third-order valence-electron chi connectivity index (χ3n) is 5.78. The first-order valence-electron chi connectivity index (χ1n) is 10.2. The molecule has 2 aromatic rings. The Bertz CT molecular complexity index is 744. The second-order valence-corrected chi connectivity index (χ2v) is 7.46. The van der Waals surface area contributed by atoms with Crippen LogP contribution in [-0.4, -0.2) is 62.9 Å². The van der Waals surface area contributed by atoms with E-state index < -0.39 is 0 Å². The predicted octanol–water partition coefficient (Wildman–Crippen LogP) is 2.11. The second-order valence-electron chi connectivity index (χ2n) is 7.46. The summed E-state index contributed by atoms with van der Waals surface area (Å²) in [5, 5.41) is 12.2. The molecule has 0 saturated carbocycles. The van der Waals surface area contributed by atoms with Crippen LogP contribution in [0.3, 0.4) is 0 Å². The molecule has 8 nitrogen and oxygen atoms in total. The Labute approximate surface area is 161 Å². The zero-order valence-electron chi connectivity index (χ0n) is 16.4. The first-order valence-corrected chi connectivity index (χ1v) is 10.2. The normalized spacial score (nSPS) is 19.0. The van der Waals surface area contributed by atoms with Crippen LogP contribution in [0.25, 0.3) is 0 Å². The summed E-state index contributed by atoms with van der Waals surface area (Å²) < 4.78 is 2.34. The standard InChI is InChI=1S/C19H30N8/c1-3-27-17(14-25-10-4-5-11-25)23-24-18(27)15-7-12-26(13-8-15)19-21-9-6-16(20-2)22-19/h6,9,15H,3-5,7-8,10-14H2,1-2H3,(H,20,21,22). The van der Waals surface area contributed by atoms with Crippen molar-refractivity contribution in [3.63, 3.8) is 0 Å². The molecular formula is C19H30N8. The number of anilines is 2. The van der Waals surface area contributed by atoms with Crippen LogP contribution in [0.15, 0.2) is 12.3 Å². The fourth-order valence-electron chi connectivity index (χ4n) is 4.23. The molecule has 0 bridgehead atoms. The topological polar surface area (TPSA) is 75.0 Å². The lowest BCUT2D eigenvalue weighted by molar-refractivity contribution is 0.315. The molecule has 0 aliphatic carbocycles. The molecule has 8 heteroatoms. The molecule has 0 aromatic carbocycles. The van der Waals surface area contributed by atoms with Crippen LogP contribution in [0, 0.1) is 0 Å². The summed E-state index contributed by atoms with van der Waals surface area (Å²) in [6.45, 7) is 8.37. The third-order valence-corrected chi connectivity index (χ3v) is 5.78. The fourth-order valence-corrected chi connectivity index (χ4v) is 4.23. The van der Waals surface area contributed by atoms with Crippen molar-refractivity contribution in [2.24, 2.45) is 0 Å². The quantitative estimate of drug-likeness (QED) is 0.835. The first kappa shape index (κ1) is 18.2. The highest BCUT2D eigenvalue weighted by molar-refractivity contribution is 5.41. The lowest BCUT2D eigenvalue weighted by Crippen LogP contribution is -2.35. The van der Waals surface area contributed by atoms with Crippen molar-refractivity contribution < 1.29 is 0 Å². The molecule has 4 rings (SSSR count). The molecule has 4 heterocycles. The van der Waals surface area contributed by atoms with Gasteiger partial charge in [0.1, 0.15) is 17.5 Å². The molecular weight excluding hydrogens is 340 g/mol. The Kier molecular flexibility index (Phi) is 5.52. The largest absolute Gasteiger partial charge is 0.373 e. The maximum absolute atomic E-state index is 4.60. The number of piperidine rings is 1. The highest BCUT2D eigenvalue weighted by Gasteiger charge is 2.27. The van der Waals surface area contributed by atoms with Crippen molar-refractivity contribution in [2.45, 2.75) is 51.6 Å². The van der Waals surface area contributed by atoms with Gasteiger partial charge in [-0.05, 0) is 51.8 Å². The summed E-state index contributed by atoms with van der Waals surface area (Å²) in [5.74, 6) is 4.43. The molecule has 0 radical (unpaired) electrons. The van der Waals surface area contributed by atoms with Gasteiger partial charge in [0.05, 0.1) is 6.54 Å². The van der Waals surface area contributed by atoms with E-state index in [0.717, 1.165) is 62.4 Å². The SMILES string of the molecule is CCn1c(CN2CCCC2)nnc1C1CCN(c2nccc(NC)n2)CC1. The van der Waals surface area contributed by atoms with E-state index in [1.165, 1.54) is 25.9 Å². The number of aromatic nitrogens is 5. The minimum absolute atomic E-state index is 0.466. The smallest absolute Gasteiger partial charge is 0.227 e. The fraction of sp³-hybridized carbons (Fsp3) is 0.684. The van der Waals surface area contributed by atoms with Crippen LogP contribution < -0.4 is 10.2 Å². The van der Waals surface area contributed by atoms with Gasteiger partial charge >= 0.3 is 0 Å². The van der Waals surface area contributed by atoms with Gasteiger partial charge in [0.2, 0.25) is 5.95 Å². The van der Waals surface area contributed by atoms with Crippen LogP contribution >= 0.6 is 0 Å². The van der Waals surface area contributed by atoms with E-state index in [9.17, 15) is 0 Å². The Hall–Kier alpha value is -2.22. The molecule has 146 valence electrons. The summed E-state index contributed by atoms with van der Waals surface area (Å²) >= 11 is 0. The van der Waals surface area contributed by atoms with Crippen LogP contribution in [0.2, 0.25) is 0 Å². The predicted molar refractivity (Wildman–Crippen MR) is 106 cm³/mol. The van der Waals surface area contributed by atoms with Gasteiger partial charge in [-0.2, -0.15) is 4.98 Å². The van der Waals surface area contributed by atoms with Gasteiger partial charge in [0.15, 0.2) is 0 Å². The monoisotopic (exact) mass is 370 g/mol. The molecule has 1 N–H and O–H groups in total. The van der Waals surface area contributed by atoms with E-state index in [1.54, 1.807) is 0 Å². The van der Waals surface area contributed by atoms with Gasteiger partial charge in [-0.3, -0.25) is 4.90 Å². The lowest BCUT2D eigenvalue weighted by Gasteiger charge is -2.31. The molecule has 0 amide bonds. The van der Waals surface area contributed by atoms with Gasteiger partial charge in [-0.25, -0.2) is 4.98 Å². The number of hydrogen-bond acceptors (Lipinski definition) is 7. The average Bonchev–Trinajstić information content (AvgIpc) is 3.38. The van der Waals surface area contributed by atoms with Crippen LogP contribution in [0.1, 0.15) is 50.2 Å². The minimum Gasteiger partial charge on any atom is -0.373 e. The van der Waals surface area contributed by atoms with Crippen molar-refractivity contribution >= 4 is 11.8 Å². The van der Waals surface area contributed by atoms with Gasteiger partial charge in [-0.1, -0.05) is 0 Å². The molecule has 0 spiro atoms. The third kappa shape index (κ3) is 3.90. The second kappa shape index (κ2) is 8.21. The Balaban J connectivity index is 1.42. The maximum atomic E-state index is 4.60. The Morgan fingerprint density at radius 1 is 1.11 bits per heavy atom. The maximum Gasteiger partial charge on any atom is 0.227 e. The van der Waals surface area contributed by atoms with Crippen molar-refractivity contribution in [1.82, 2.24) is 29.6 Å². The van der Waals surface area contributed by atoms with E-state index in [0.29, 0.717) is 5.92 Å². The van der Waals surface area contributed by atoms with Crippen LogP contribution in [-0.2, 0) is 13.1 Å². The number of nitrogens with one attached hydrogen (secondary N) is 1. The van der Waals surface area contributed by atoms with E-state index in [2.05, 4.69) is 46.8 Å².